The smallest absolute Gasteiger partial charge is 0.0815 e. The van der Waals surface area contributed by atoms with Crippen LogP contribution in [0.5, 0.6) is 0 Å². The molecule has 0 amide bonds. The van der Waals surface area contributed by atoms with Crippen LogP contribution in [0.3, 0.4) is 0 Å². The van der Waals surface area contributed by atoms with Crippen LogP contribution in [0.4, 0.5) is 0 Å². The first-order chi connectivity index (χ1) is 5.24. The first-order valence-electron chi connectivity index (χ1n) is 3.33. The molecule has 0 saturated heterocycles. The molecule has 0 atom stereocenters. The zero-order valence-electron chi connectivity index (χ0n) is 6.00. The molecule has 0 aliphatic carbocycles. The summed E-state index contributed by atoms with van der Waals surface area (Å²) in [5.41, 5.74) is 3.68. The third-order valence-corrected chi connectivity index (χ3v) is 2.41. The molecule has 0 bridgehead atoms. The third kappa shape index (κ3) is 2.03. The zero-order chi connectivity index (χ0) is 8.27. The van der Waals surface area contributed by atoms with Crippen molar-refractivity contribution in [2.75, 3.05) is 6.54 Å². The second kappa shape index (κ2) is 3.50. The largest absolute Gasteiger partial charge is 0.544 e. The Morgan fingerprint density at radius 2 is 2.36 bits per heavy atom. The van der Waals surface area contributed by atoms with Crippen LogP contribution in [-0.4, -0.2) is 12.5 Å². The van der Waals surface area contributed by atoms with Gasteiger partial charge in [-0.2, -0.15) is 0 Å². The van der Waals surface area contributed by atoms with Crippen LogP contribution >= 0.6 is 11.3 Å². The van der Waals surface area contributed by atoms with E-state index in [9.17, 15) is 9.90 Å². The van der Waals surface area contributed by atoms with Gasteiger partial charge in [0.05, 0.1) is 17.4 Å². The predicted molar refractivity (Wildman–Crippen MR) is 40.1 cm³/mol. The van der Waals surface area contributed by atoms with Crippen molar-refractivity contribution in [1.82, 2.24) is 0 Å². The highest BCUT2D eigenvalue weighted by molar-refractivity contribution is 7.13. The Morgan fingerprint density at radius 3 is 2.82 bits per heavy atom. The molecule has 3 N–H and O–H groups in total. The molecule has 1 rings (SSSR count). The van der Waals surface area contributed by atoms with E-state index < -0.39 is 5.97 Å². The highest BCUT2D eigenvalue weighted by atomic mass is 32.1. The molecular formula is C7H9NO2S. The normalized spacial score (nSPS) is 9.91. The summed E-state index contributed by atoms with van der Waals surface area (Å²) in [5.74, 6) is -1.09. The SMILES string of the molecule is [NH3+]CCc1ccc(C(=O)[O-])s1. The van der Waals surface area contributed by atoms with Gasteiger partial charge in [-0.25, -0.2) is 0 Å². The summed E-state index contributed by atoms with van der Waals surface area (Å²) in [6.07, 6.45) is 0.845. The van der Waals surface area contributed by atoms with Gasteiger partial charge in [0.2, 0.25) is 0 Å². The van der Waals surface area contributed by atoms with E-state index in [0.29, 0.717) is 4.88 Å². The van der Waals surface area contributed by atoms with Crippen molar-refractivity contribution in [2.45, 2.75) is 6.42 Å². The number of hydrogen-bond donors (Lipinski definition) is 1. The Hall–Kier alpha value is -0.870. The number of hydrogen-bond acceptors (Lipinski definition) is 3. The van der Waals surface area contributed by atoms with Crippen LogP contribution in [0, 0.1) is 0 Å². The number of carboxylic acids is 1. The first kappa shape index (κ1) is 8.23. The summed E-state index contributed by atoms with van der Waals surface area (Å²) in [6, 6.07) is 3.38. The number of rotatable bonds is 3. The monoisotopic (exact) mass is 171 g/mol. The molecule has 0 aliphatic heterocycles. The molecule has 1 heterocycles. The zero-order valence-corrected chi connectivity index (χ0v) is 6.82. The number of carbonyl (C=O) groups excluding carboxylic acids is 1. The lowest BCUT2D eigenvalue weighted by atomic mass is 10.3. The standard InChI is InChI=1S/C7H9NO2S/c8-4-3-5-1-2-6(11-5)7(9)10/h1-2H,3-4,8H2,(H,9,10). The fourth-order valence-electron chi connectivity index (χ4n) is 0.796. The van der Waals surface area contributed by atoms with Crippen LogP contribution in [-0.2, 0) is 6.42 Å². The molecule has 1 aromatic heterocycles. The van der Waals surface area contributed by atoms with E-state index in [1.165, 1.54) is 11.3 Å². The lowest BCUT2D eigenvalue weighted by Crippen LogP contribution is -2.51. The molecule has 0 aromatic carbocycles. The van der Waals surface area contributed by atoms with Gasteiger partial charge < -0.3 is 15.6 Å². The van der Waals surface area contributed by atoms with Crippen molar-refractivity contribution < 1.29 is 15.6 Å². The third-order valence-electron chi connectivity index (χ3n) is 1.29. The van der Waals surface area contributed by atoms with Crippen LogP contribution < -0.4 is 10.8 Å². The second-order valence-corrected chi connectivity index (χ2v) is 3.33. The minimum atomic E-state index is -1.09. The summed E-state index contributed by atoms with van der Waals surface area (Å²) in [5, 5.41) is 10.3. The Balaban J connectivity index is 2.73. The van der Waals surface area contributed by atoms with Gasteiger partial charge >= 0.3 is 0 Å². The van der Waals surface area contributed by atoms with Gasteiger partial charge in [0.1, 0.15) is 0 Å². The van der Waals surface area contributed by atoms with E-state index >= 15 is 0 Å². The molecule has 0 radical (unpaired) electrons. The van der Waals surface area contributed by atoms with Crippen molar-refractivity contribution in [3.05, 3.63) is 21.9 Å². The number of carboxylic acid groups (broad SMARTS) is 1. The minimum absolute atomic E-state index is 0.299. The van der Waals surface area contributed by atoms with E-state index in [1.54, 1.807) is 12.1 Å². The molecule has 11 heavy (non-hydrogen) atoms. The molecule has 60 valence electrons. The van der Waals surface area contributed by atoms with Gasteiger partial charge in [-0.15, -0.1) is 11.3 Å². The Morgan fingerprint density at radius 1 is 1.64 bits per heavy atom. The Labute approximate surface area is 68.5 Å². The van der Waals surface area contributed by atoms with E-state index in [1.807, 2.05) is 0 Å². The first-order valence-corrected chi connectivity index (χ1v) is 4.15. The quantitative estimate of drug-likeness (QED) is 0.627. The van der Waals surface area contributed by atoms with Gasteiger partial charge in [-0.05, 0) is 12.1 Å². The van der Waals surface area contributed by atoms with Gasteiger partial charge in [-0.3, -0.25) is 0 Å². The van der Waals surface area contributed by atoms with Crippen molar-refractivity contribution in [3.8, 4) is 0 Å². The lowest BCUT2D eigenvalue weighted by Gasteiger charge is -1.93. The molecule has 4 heteroatoms. The predicted octanol–water partition coefficient (Wildman–Crippen LogP) is -1.10. The van der Waals surface area contributed by atoms with Crippen molar-refractivity contribution >= 4 is 17.3 Å². The average molecular weight is 171 g/mol. The van der Waals surface area contributed by atoms with E-state index in [2.05, 4.69) is 5.73 Å². The molecular weight excluding hydrogens is 162 g/mol. The fraction of sp³-hybridized carbons (Fsp3) is 0.286. The molecule has 3 nitrogen and oxygen atoms in total. The van der Waals surface area contributed by atoms with Crippen molar-refractivity contribution in [3.63, 3.8) is 0 Å². The molecule has 0 fully saturated rings. The van der Waals surface area contributed by atoms with Crippen LogP contribution in [0.2, 0.25) is 0 Å². The highest BCUT2D eigenvalue weighted by Crippen LogP contribution is 2.15. The van der Waals surface area contributed by atoms with Gasteiger partial charge in [0.25, 0.3) is 0 Å². The number of carbonyl (C=O) groups is 1. The lowest BCUT2D eigenvalue weighted by molar-refractivity contribution is -0.366. The Kier molecular flexibility index (Phi) is 2.62. The summed E-state index contributed by atoms with van der Waals surface area (Å²) in [6.45, 7) is 0.799. The number of thiophene rings is 1. The maximum absolute atomic E-state index is 10.3. The Bertz CT molecular complexity index is 257. The molecule has 1 aromatic rings. The number of aromatic carboxylic acids is 1. The minimum Gasteiger partial charge on any atom is -0.544 e. The summed E-state index contributed by atoms with van der Waals surface area (Å²) in [7, 11) is 0. The number of quaternary nitrogens is 1. The molecule has 0 spiro atoms. The van der Waals surface area contributed by atoms with Crippen molar-refractivity contribution in [1.29, 1.82) is 0 Å². The van der Waals surface area contributed by atoms with E-state index in [-0.39, 0.29) is 0 Å². The second-order valence-electron chi connectivity index (χ2n) is 2.16. The molecule has 0 aliphatic rings. The fourth-order valence-corrected chi connectivity index (χ4v) is 1.68. The van der Waals surface area contributed by atoms with Crippen LogP contribution in [0.25, 0.3) is 0 Å². The van der Waals surface area contributed by atoms with Gasteiger partial charge in [0, 0.05) is 11.3 Å². The summed E-state index contributed by atoms with van der Waals surface area (Å²) < 4.78 is 0. The highest BCUT2D eigenvalue weighted by Gasteiger charge is 1.99. The average Bonchev–Trinajstić information content (AvgIpc) is 2.37. The maximum Gasteiger partial charge on any atom is 0.0815 e. The van der Waals surface area contributed by atoms with Gasteiger partial charge in [0.15, 0.2) is 0 Å². The molecule has 0 unspecified atom stereocenters. The van der Waals surface area contributed by atoms with E-state index in [0.717, 1.165) is 17.8 Å². The van der Waals surface area contributed by atoms with Crippen molar-refractivity contribution in [2.24, 2.45) is 0 Å². The van der Waals surface area contributed by atoms with Crippen LogP contribution in [0.1, 0.15) is 14.5 Å². The summed E-state index contributed by atoms with van der Waals surface area (Å²) >= 11 is 1.26. The van der Waals surface area contributed by atoms with Crippen LogP contribution in [0.15, 0.2) is 12.1 Å². The van der Waals surface area contributed by atoms with Gasteiger partial charge in [-0.1, -0.05) is 0 Å². The molecule has 0 saturated carbocycles. The van der Waals surface area contributed by atoms with E-state index in [4.69, 9.17) is 0 Å². The maximum atomic E-state index is 10.3. The summed E-state index contributed by atoms with van der Waals surface area (Å²) in [4.78, 5) is 11.7. The topological polar surface area (TPSA) is 67.8 Å².